The van der Waals surface area contributed by atoms with Crippen LogP contribution in [-0.4, -0.2) is 25.2 Å². The van der Waals surface area contributed by atoms with Crippen LogP contribution in [0.15, 0.2) is 82.5 Å². The van der Waals surface area contributed by atoms with Gasteiger partial charge in [-0.1, -0.05) is 53.6 Å². The SMILES string of the molecule is Cc1ccc(-n2nc(C(=O)NCc3ccccn3)c(=O)n(Cc3ccccc3Cl)c2=O)cc1. The molecule has 9 heteroatoms. The van der Waals surface area contributed by atoms with Crippen molar-refractivity contribution in [2.45, 2.75) is 20.0 Å². The van der Waals surface area contributed by atoms with E-state index in [0.717, 1.165) is 14.8 Å². The first-order chi connectivity index (χ1) is 15.9. The molecule has 2 heterocycles. The Kier molecular flexibility index (Phi) is 6.46. The Morgan fingerprint density at radius 3 is 2.42 bits per heavy atom. The quantitative estimate of drug-likeness (QED) is 0.476. The van der Waals surface area contributed by atoms with Crippen LogP contribution in [0.1, 0.15) is 27.3 Å². The fourth-order valence-electron chi connectivity index (χ4n) is 3.20. The Morgan fingerprint density at radius 2 is 1.73 bits per heavy atom. The van der Waals surface area contributed by atoms with Crippen LogP contribution in [0.5, 0.6) is 0 Å². The number of pyridine rings is 1. The summed E-state index contributed by atoms with van der Waals surface area (Å²) in [5.74, 6) is -0.709. The molecule has 0 saturated heterocycles. The van der Waals surface area contributed by atoms with Crippen molar-refractivity contribution in [3.63, 3.8) is 0 Å². The molecule has 0 radical (unpaired) electrons. The maximum Gasteiger partial charge on any atom is 0.352 e. The van der Waals surface area contributed by atoms with Gasteiger partial charge in [-0.3, -0.25) is 19.1 Å². The van der Waals surface area contributed by atoms with Crippen molar-refractivity contribution in [3.8, 4) is 5.69 Å². The van der Waals surface area contributed by atoms with E-state index >= 15 is 0 Å². The second-order valence-corrected chi connectivity index (χ2v) is 7.77. The van der Waals surface area contributed by atoms with Crippen molar-refractivity contribution >= 4 is 17.5 Å². The molecule has 4 rings (SSSR count). The molecule has 0 saturated carbocycles. The molecule has 166 valence electrons. The summed E-state index contributed by atoms with van der Waals surface area (Å²) in [6.07, 6.45) is 1.61. The molecule has 0 aliphatic rings. The van der Waals surface area contributed by atoms with Crippen molar-refractivity contribution in [1.29, 1.82) is 0 Å². The van der Waals surface area contributed by atoms with Crippen molar-refractivity contribution in [2.75, 3.05) is 0 Å². The van der Waals surface area contributed by atoms with Gasteiger partial charge in [0, 0.05) is 11.2 Å². The number of hydrogen-bond donors (Lipinski definition) is 1. The van der Waals surface area contributed by atoms with Crippen molar-refractivity contribution in [2.24, 2.45) is 0 Å². The van der Waals surface area contributed by atoms with E-state index in [9.17, 15) is 14.4 Å². The molecule has 33 heavy (non-hydrogen) atoms. The summed E-state index contributed by atoms with van der Waals surface area (Å²) < 4.78 is 2.01. The van der Waals surface area contributed by atoms with Crippen LogP contribution in [0.4, 0.5) is 0 Å². The monoisotopic (exact) mass is 461 g/mol. The van der Waals surface area contributed by atoms with E-state index in [1.807, 2.05) is 19.1 Å². The molecule has 0 unspecified atom stereocenters. The molecule has 0 atom stereocenters. The van der Waals surface area contributed by atoms with Crippen LogP contribution < -0.4 is 16.6 Å². The highest BCUT2D eigenvalue weighted by Gasteiger charge is 2.21. The van der Waals surface area contributed by atoms with Crippen LogP contribution in [0, 0.1) is 6.92 Å². The zero-order chi connectivity index (χ0) is 23.4. The van der Waals surface area contributed by atoms with Gasteiger partial charge >= 0.3 is 5.69 Å². The Morgan fingerprint density at radius 1 is 1.00 bits per heavy atom. The van der Waals surface area contributed by atoms with Crippen LogP contribution >= 0.6 is 11.6 Å². The highest BCUT2D eigenvalue weighted by atomic mass is 35.5. The third kappa shape index (κ3) is 4.91. The Labute approximate surface area is 194 Å². The summed E-state index contributed by atoms with van der Waals surface area (Å²) in [5.41, 5.74) is 0.723. The predicted octanol–water partition coefficient (Wildman–Crippen LogP) is 2.73. The number of benzene rings is 2. The van der Waals surface area contributed by atoms with Crippen LogP contribution in [0.3, 0.4) is 0 Å². The fraction of sp³-hybridized carbons (Fsp3) is 0.125. The van der Waals surface area contributed by atoms with Crippen molar-refractivity contribution in [1.82, 2.24) is 24.6 Å². The molecule has 4 aromatic rings. The number of carbonyl (C=O) groups is 1. The summed E-state index contributed by atoms with van der Waals surface area (Å²) in [7, 11) is 0. The number of carbonyl (C=O) groups excluding carboxylic acids is 1. The highest BCUT2D eigenvalue weighted by molar-refractivity contribution is 6.31. The average molecular weight is 462 g/mol. The fourth-order valence-corrected chi connectivity index (χ4v) is 3.40. The van der Waals surface area contributed by atoms with Crippen molar-refractivity contribution in [3.05, 3.63) is 121 Å². The first-order valence-corrected chi connectivity index (χ1v) is 10.5. The van der Waals surface area contributed by atoms with E-state index < -0.39 is 22.9 Å². The molecule has 2 aromatic carbocycles. The van der Waals surface area contributed by atoms with Gasteiger partial charge in [-0.2, -0.15) is 9.78 Å². The van der Waals surface area contributed by atoms with E-state index in [0.29, 0.717) is 22.0 Å². The van der Waals surface area contributed by atoms with Gasteiger partial charge in [0.1, 0.15) is 0 Å². The van der Waals surface area contributed by atoms with Gasteiger partial charge in [0.15, 0.2) is 0 Å². The third-order valence-corrected chi connectivity index (χ3v) is 5.36. The third-order valence-electron chi connectivity index (χ3n) is 5.00. The molecular formula is C24H20ClN5O3. The summed E-state index contributed by atoms with van der Waals surface area (Å²) >= 11 is 6.25. The maximum absolute atomic E-state index is 13.2. The minimum Gasteiger partial charge on any atom is -0.345 e. The smallest absolute Gasteiger partial charge is 0.345 e. The van der Waals surface area contributed by atoms with Crippen LogP contribution in [0.25, 0.3) is 5.69 Å². The van der Waals surface area contributed by atoms with Gasteiger partial charge in [-0.05, 0) is 42.8 Å². The van der Waals surface area contributed by atoms with E-state index in [4.69, 9.17) is 11.6 Å². The summed E-state index contributed by atoms with van der Waals surface area (Å²) in [5, 5.41) is 7.17. The molecule has 0 aliphatic carbocycles. The number of rotatable bonds is 6. The lowest BCUT2D eigenvalue weighted by Crippen LogP contribution is -2.46. The molecule has 1 N–H and O–H groups in total. The standard InChI is InChI=1S/C24H20ClN5O3/c1-16-9-11-19(12-10-16)30-24(33)29(15-17-6-2-3-8-20(17)25)23(32)21(28-30)22(31)27-14-18-7-4-5-13-26-18/h2-13H,14-15H2,1H3,(H,27,31). The van der Waals surface area contributed by atoms with E-state index in [-0.39, 0.29) is 13.1 Å². The molecule has 2 aromatic heterocycles. The van der Waals surface area contributed by atoms with Crippen LogP contribution in [-0.2, 0) is 13.1 Å². The van der Waals surface area contributed by atoms with Crippen molar-refractivity contribution < 1.29 is 4.79 Å². The van der Waals surface area contributed by atoms with E-state index in [1.54, 1.807) is 60.8 Å². The molecule has 0 aliphatic heterocycles. The predicted molar refractivity (Wildman–Crippen MR) is 125 cm³/mol. The number of halogens is 1. The molecule has 8 nitrogen and oxygen atoms in total. The van der Waals surface area contributed by atoms with E-state index in [1.165, 1.54) is 0 Å². The van der Waals surface area contributed by atoms with Gasteiger partial charge in [0.05, 0.1) is 24.5 Å². The number of aromatic nitrogens is 4. The summed E-state index contributed by atoms with van der Waals surface area (Å²) in [4.78, 5) is 43.4. The van der Waals surface area contributed by atoms with Gasteiger partial charge in [-0.25, -0.2) is 4.79 Å². The molecule has 1 amide bonds. The maximum atomic E-state index is 13.2. The zero-order valence-electron chi connectivity index (χ0n) is 17.7. The van der Waals surface area contributed by atoms with Gasteiger partial charge in [-0.15, -0.1) is 0 Å². The first kappa shape index (κ1) is 22.2. The van der Waals surface area contributed by atoms with Gasteiger partial charge in [0.25, 0.3) is 11.5 Å². The Hall–Kier alpha value is -4.04. The lowest BCUT2D eigenvalue weighted by molar-refractivity contribution is 0.0940. The molecule has 0 fully saturated rings. The highest BCUT2D eigenvalue weighted by Crippen LogP contribution is 2.15. The largest absolute Gasteiger partial charge is 0.352 e. The average Bonchev–Trinajstić information content (AvgIpc) is 2.83. The number of nitrogens with one attached hydrogen (secondary N) is 1. The molecule has 0 bridgehead atoms. The normalized spacial score (nSPS) is 10.7. The number of nitrogens with zero attached hydrogens (tertiary/aromatic N) is 4. The Balaban J connectivity index is 1.79. The molecular weight excluding hydrogens is 442 g/mol. The lowest BCUT2D eigenvalue weighted by atomic mass is 10.2. The molecule has 0 spiro atoms. The summed E-state index contributed by atoms with van der Waals surface area (Å²) in [6.45, 7) is 1.91. The minimum absolute atomic E-state index is 0.105. The second-order valence-electron chi connectivity index (χ2n) is 7.36. The van der Waals surface area contributed by atoms with Gasteiger partial charge < -0.3 is 5.32 Å². The van der Waals surface area contributed by atoms with Crippen LogP contribution in [0.2, 0.25) is 5.02 Å². The minimum atomic E-state index is -0.804. The second kappa shape index (κ2) is 9.62. The van der Waals surface area contributed by atoms with Gasteiger partial charge in [0.2, 0.25) is 5.69 Å². The lowest BCUT2D eigenvalue weighted by Gasteiger charge is -2.13. The first-order valence-electron chi connectivity index (χ1n) is 10.2. The summed E-state index contributed by atoms with van der Waals surface area (Å²) in [6, 6.07) is 19.2. The van der Waals surface area contributed by atoms with E-state index in [2.05, 4.69) is 15.4 Å². The number of aryl methyl sites for hydroxylation is 1. The zero-order valence-corrected chi connectivity index (χ0v) is 18.5. The number of hydrogen-bond acceptors (Lipinski definition) is 5. The Bertz CT molecular complexity index is 1410. The topological polar surface area (TPSA) is 98.9 Å². The number of amides is 1.